The smallest absolute Gasteiger partial charge is 0.269 e. The maximum Gasteiger partial charge on any atom is 0.269 e. The van der Waals surface area contributed by atoms with E-state index in [1.165, 1.54) is 12.1 Å². The lowest BCUT2D eigenvalue weighted by Gasteiger charge is -2.15. The Labute approximate surface area is 136 Å². The summed E-state index contributed by atoms with van der Waals surface area (Å²) in [7, 11) is 0. The number of carbonyl (C=O) groups is 1. The molecule has 0 aromatic heterocycles. The van der Waals surface area contributed by atoms with Gasteiger partial charge in [0, 0.05) is 16.6 Å². The van der Waals surface area contributed by atoms with Gasteiger partial charge in [0.2, 0.25) is 5.91 Å². The molecule has 6 heteroatoms. The number of nitro groups is 1. The molecule has 22 heavy (non-hydrogen) atoms. The molecule has 0 aliphatic heterocycles. The van der Waals surface area contributed by atoms with E-state index in [0.29, 0.717) is 0 Å². The summed E-state index contributed by atoms with van der Waals surface area (Å²) in [6.45, 7) is 1.91. The highest BCUT2D eigenvalue weighted by Crippen LogP contribution is 2.22. The third-order valence-electron chi connectivity index (χ3n) is 3.26. The maximum absolute atomic E-state index is 12.1. The summed E-state index contributed by atoms with van der Waals surface area (Å²) < 4.78 is 0.943. The van der Waals surface area contributed by atoms with E-state index in [1.54, 1.807) is 12.1 Å². The molecule has 0 spiro atoms. The molecule has 1 amide bonds. The third kappa shape index (κ3) is 4.14. The predicted octanol–water partition coefficient (Wildman–Crippen LogP) is 3.78. The minimum atomic E-state index is -0.459. The van der Waals surface area contributed by atoms with E-state index in [-0.39, 0.29) is 24.1 Å². The fourth-order valence-corrected chi connectivity index (χ4v) is 2.75. The number of nitro benzene ring substituents is 1. The zero-order chi connectivity index (χ0) is 16.1. The number of benzene rings is 2. The lowest BCUT2D eigenvalue weighted by Crippen LogP contribution is -2.28. The number of hydrogen-bond donors (Lipinski definition) is 1. The highest BCUT2D eigenvalue weighted by Gasteiger charge is 2.13. The summed E-state index contributed by atoms with van der Waals surface area (Å²) in [6.07, 6.45) is 0.187. The second-order valence-electron chi connectivity index (χ2n) is 4.91. The number of hydrogen-bond acceptors (Lipinski definition) is 3. The van der Waals surface area contributed by atoms with Gasteiger partial charge < -0.3 is 5.32 Å². The van der Waals surface area contributed by atoms with Gasteiger partial charge in [-0.2, -0.15) is 0 Å². The quantitative estimate of drug-likeness (QED) is 0.649. The van der Waals surface area contributed by atoms with Crippen LogP contribution in [0.5, 0.6) is 0 Å². The van der Waals surface area contributed by atoms with Crippen molar-refractivity contribution in [3.05, 3.63) is 74.2 Å². The van der Waals surface area contributed by atoms with Gasteiger partial charge in [-0.3, -0.25) is 14.9 Å². The van der Waals surface area contributed by atoms with Crippen LogP contribution in [0.3, 0.4) is 0 Å². The van der Waals surface area contributed by atoms with Crippen molar-refractivity contribution < 1.29 is 9.72 Å². The summed E-state index contributed by atoms with van der Waals surface area (Å²) in [4.78, 5) is 22.2. The molecule has 5 nitrogen and oxygen atoms in total. The molecule has 0 aliphatic carbocycles. The minimum Gasteiger partial charge on any atom is -0.349 e. The molecule has 1 unspecified atom stereocenters. The van der Waals surface area contributed by atoms with Gasteiger partial charge in [0.15, 0.2) is 0 Å². The van der Waals surface area contributed by atoms with Crippen molar-refractivity contribution in [2.24, 2.45) is 0 Å². The molecule has 0 heterocycles. The maximum atomic E-state index is 12.1. The van der Waals surface area contributed by atoms with Crippen LogP contribution < -0.4 is 5.32 Å². The molecule has 1 N–H and O–H groups in total. The Morgan fingerprint density at radius 3 is 2.45 bits per heavy atom. The van der Waals surface area contributed by atoms with Crippen LogP contribution in [-0.4, -0.2) is 10.8 Å². The van der Waals surface area contributed by atoms with E-state index in [1.807, 2.05) is 31.2 Å². The summed E-state index contributed by atoms with van der Waals surface area (Å²) in [5.41, 5.74) is 1.76. The molecule has 1 atom stereocenters. The molecule has 114 valence electrons. The number of amides is 1. The number of non-ortho nitro benzene ring substituents is 1. The molecule has 0 fully saturated rings. The van der Waals surface area contributed by atoms with Crippen molar-refractivity contribution in [1.82, 2.24) is 5.32 Å². The van der Waals surface area contributed by atoms with Crippen molar-refractivity contribution in [2.75, 3.05) is 0 Å². The van der Waals surface area contributed by atoms with Crippen molar-refractivity contribution in [3.8, 4) is 0 Å². The first-order chi connectivity index (χ1) is 10.5. The Kier molecular flexibility index (Phi) is 5.27. The monoisotopic (exact) mass is 362 g/mol. The number of nitrogens with zero attached hydrogens (tertiary/aromatic N) is 1. The molecule has 0 aliphatic rings. The van der Waals surface area contributed by atoms with E-state index in [9.17, 15) is 14.9 Å². The molecule has 0 radical (unpaired) electrons. The van der Waals surface area contributed by atoms with Crippen LogP contribution in [0.25, 0.3) is 0 Å². The van der Waals surface area contributed by atoms with Crippen molar-refractivity contribution >= 4 is 27.5 Å². The van der Waals surface area contributed by atoms with Gasteiger partial charge in [0.1, 0.15) is 0 Å². The SMILES string of the molecule is CC(NC(=O)Cc1ccc([N+](=O)[O-])cc1)c1ccccc1Br. The standard InChI is InChI=1S/C16H15BrN2O3/c1-11(14-4-2-3-5-15(14)17)18-16(20)10-12-6-8-13(9-7-12)19(21)22/h2-9,11H,10H2,1H3,(H,18,20). The van der Waals surface area contributed by atoms with Gasteiger partial charge in [0.25, 0.3) is 5.69 Å². The summed E-state index contributed by atoms with van der Waals surface area (Å²) in [6, 6.07) is 13.6. The first-order valence-electron chi connectivity index (χ1n) is 6.74. The van der Waals surface area contributed by atoms with E-state index in [2.05, 4.69) is 21.2 Å². The van der Waals surface area contributed by atoms with E-state index < -0.39 is 4.92 Å². The van der Waals surface area contributed by atoms with Crippen LogP contribution in [0.15, 0.2) is 53.0 Å². The fraction of sp³-hybridized carbons (Fsp3) is 0.188. The van der Waals surface area contributed by atoms with Crippen LogP contribution in [0.4, 0.5) is 5.69 Å². The van der Waals surface area contributed by atoms with Crippen LogP contribution in [-0.2, 0) is 11.2 Å². The topological polar surface area (TPSA) is 72.2 Å². The number of nitrogens with one attached hydrogen (secondary N) is 1. The van der Waals surface area contributed by atoms with Gasteiger partial charge in [-0.1, -0.05) is 46.3 Å². The lowest BCUT2D eigenvalue weighted by atomic mass is 10.1. The first-order valence-corrected chi connectivity index (χ1v) is 7.54. The summed E-state index contributed by atoms with van der Waals surface area (Å²) in [5, 5.41) is 13.5. The second kappa shape index (κ2) is 7.17. The fourth-order valence-electron chi connectivity index (χ4n) is 2.12. The predicted molar refractivity (Wildman–Crippen MR) is 87.5 cm³/mol. The molecular weight excluding hydrogens is 348 g/mol. The third-order valence-corrected chi connectivity index (χ3v) is 3.98. The first kappa shape index (κ1) is 16.2. The normalized spacial score (nSPS) is 11.7. The van der Waals surface area contributed by atoms with Gasteiger partial charge in [-0.15, -0.1) is 0 Å². The van der Waals surface area contributed by atoms with Crippen LogP contribution in [0.1, 0.15) is 24.1 Å². The second-order valence-corrected chi connectivity index (χ2v) is 5.77. The van der Waals surface area contributed by atoms with Gasteiger partial charge in [-0.05, 0) is 24.1 Å². The molecule has 2 aromatic carbocycles. The van der Waals surface area contributed by atoms with Crippen LogP contribution in [0.2, 0.25) is 0 Å². The zero-order valence-electron chi connectivity index (χ0n) is 12.0. The minimum absolute atomic E-state index is 0.0192. The Morgan fingerprint density at radius 1 is 1.23 bits per heavy atom. The largest absolute Gasteiger partial charge is 0.349 e. The Morgan fingerprint density at radius 2 is 1.86 bits per heavy atom. The molecule has 0 saturated carbocycles. The van der Waals surface area contributed by atoms with Crippen molar-refractivity contribution in [1.29, 1.82) is 0 Å². The lowest BCUT2D eigenvalue weighted by molar-refractivity contribution is -0.384. The molecule has 0 saturated heterocycles. The van der Waals surface area contributed by atoms with Gasteiger partial charge in [0.05, 0.1) is 17.4 Å². The zero-order valence-corrected chi connectivity index (χ0v) is 13.5. The number of carbonyl (C=O) groups excluding carboxylic acids is 1. The molecule has 2 rings (SSSR count). The average molecular weight is 363 g/mol. The summed E-state index contributed by atoms with van der Waals surface area (Å²) >= 11 is 3.46. The Hall–Kier alpha value is -2.21. The van der Waals surface area contributed by atoms with Crippen molar-refractivity contribution in [2.45, 2.75) is 19.4 Å². The molecule has 2 aromatic rings. The van der Waals surface area contributed by atoms with E-state index in [4.69, 9.17) is 0 Å². The van der Waals surface area contributed by atoms with E-state index >= 15 is 0 Å². The molecular formula is C16H15BrN2O3. The van der Waals surface area contributed by atoms with Gasteiger partial charge >= 0.3 is 0 Å². The Bertz CT molecular complexity index is 686. The highest BCUT2D eigenvalue weighted by atomic mass is 79.9. The molecule has 0 bridgehead atoms. The van der Waals surface area contributed by atoms with Crippen LogP contribution in [0, 0.1) is 10.1 Å². The van der Waals surface area contributed by atoms with E-state index in [0.717, 1.165) is 15.6 Å². The number of rotatable bonds is 5. The summed E-state index contributed by atoms with van der Waals surface area (Å²) in [5.74, 6) is -0.128. The highest BCUT2D eigenvalue weighted by molar-refractivity contribution is 9.10. The number of halogens is 1. The van der Waals surface area contributed by atoms with Gasteiger partial charge in [-0.25, -0.2) is 0 Å². The van der Waals surface area contributed by atoms with Crippen LogP contribution >= 0.6 is 15.9 Å². The Balaban J connectivity index is 1.98. The average Bonchev–Trinajstić information content (AvgIpc) is 2.48. The van der Waals surface area contributed by atoms with Crippen molar-refractivity contribution in [3.63, 3.8) is 0 Å².